The molecule has 0 saturated carbocycles. The van der Waals surface area contributed by atoms with Crippen molar-refractivity contribution >= 4 is 6.03 Å². The second kappa shape index (κ2) is 7.07. The Morgan fingerprint density at radius 2 is 2.18 bits per heavy atom. The van der Waals surface area contributed by atoms with E-state index in [4.69, 9.17) is 4.74 Å². The summed E-state index contributed by atoms with van der Waals surface area (Å²) < 4.78 is 18.1. The summed E-state index contributed by atoms with van der Waals surface area (Å²) in [6.07, 6.45) is 1.19. The molecule has 6 heteroatoms. The number of aliphatic hydroxyl groups is 1. The van der Waals surface area contributed by atoms with Crippen molar-refractivity contribution in [3.8, 4) is 0 Å². The van der Waals surface area contributed by atoms with Gasteiger partial charge in [0.05, 0.1) is 18.2 Å². The molecule has 1 aromatic carbocycles. The van der Waals surface area contributed by atoms with Gasteiger partial charge in [-0.05, 0) is 31.0 Å². The van der Waals surface area contributed by atoms with Crippen molar-refractivity contribution in [1.82, 2.24) is 10.2 Å². The minimum atomic E-state index is -0.597. The molecule has 0 aliphatic carbocycles. The fourth-order valence-electron chi connectivity index (χ4n) is 2.79. The summed E-state index contributed by atoms with van der Waals surface area (Å²) in [6.45, 7) is 2.68. The SMILES string of the molecule is COC1CN(C(=O)NCCc2ccc(F)cc2)C(C)(CO)C1. The highest BCUT2D eigenvalue weighted by Crippen LogP contribution is 2.30. The third kappa shape index (κ3) is 3.75. The molecule has 0 bridgehead atoms. The summed E-state index contributed by atoms with van der Waals surface area (Å²) >= 11 is 0. The molecule has 2 atom stereocenters. The Balaban J connectivity index is 1.87. The summed E-state index contributed by atoms with van der Waals surface area (Å²) in [5, 5.41) is 12.4. The molecule has 1 fully saturated rings. The lowest BCUT2D eigenvalue weighted by atomic mass is 10.00. The lowest BCUT2D eigenvalue weighted by Gasteiger charge is -2.33. The monoisotopic (exact) mass is 310 g/mol. The number of urea groups is 1. The van der Waals surface area contributed by atoms with Crippen LogP contribution in [-0.4, -0.2) is 54.5 Å². The van der Waals surface area contributed by atoms with Crippen LogP contribution in [0.25, 0.3) is 0 Å². The number of aliphatic hydroxyl groups excluding tert-OH is 1. The van der Waals surface area contributed by atoms with Gasteiger partial charge in [0.1, 0.15) is 5.82 Å². The maximum atomic E-state index is 12.8. The summed E-state index contributed by atoms with van der Waals surface area (Å²) in [7, 11) is 1.61. The maximum absolute atomic E-state index is 12.8. The Morgan fingerprint density at radius 3 is 2.77 bits per heavy atom. The van der Waals surface area contributed by atoms with Crippen molar-refractivity contribution in [2.75, 3.05) is 26.8 Å². The predicted molar refractivity (Wildman–Crippen MR) is 81.1 cm³/mol. The van der Waals surface area contributed by atoms with E-state index in [1.807, 2.05) is 6.92 Å². The van der Waals surface area contributed by atoms with Crippen LogP contribution >= 0.6 is 0 Å². The first-order valence-corrected chi connectivity index (χ1v) is 7.42. The van der Waals surface area contributed by atoms with Gasteiger partial charge in [-0.2, -0.15) is 0 Å². The van der Waals surface area contributed by atoms with E-state index >= 15 is 0 Å². The van der Waals surface area contributed by atoms with Crippen LogP contribution in [0.1, 0.15) is 18.9 Å². The summed E-state index contributed by atoms with van der Waals surface area (Å²) in [5.74, 6) is -0.269. The Morgan fingerprint density at radius 1 is 1.50 bits per heavy atom. The molecule has 22 heavy (non-hydrogen) atoms. The number of benzene rings is 1. The number of hydrogen-bond acceptors (Lipinski definition) is 3. The Labute approximate surface area is 130 Å². The van der Waals surface area contributed by atoms with Gasteiger partial charge in [-0.15, -0.1) is 0 Å². The number of nitrogens with zero attached hydrogens (tertiary/aromatic N) is 1. The van der Waals surface area contributed by atoms with Gasteiger partial charge in [0.25, 0.3) is 0 Å². The average molecular weight is 310 g/mol. The number of amides is 2. The number of ether oxygens (including phenoxy) is 1. The first kappa shape index (κ1) is 16.7. The van der Waals surface area contributed by atoms with Crippen LogP contribution in [-0.2, 0) is 11.2 Å². The molecule has 122 valence electrons. The van der Waals surface area contributed by atoms with Gasteiger partial charge in [0.15, 0.2) is 0 Å². The predicted octanol–water partition coefficient (Wildman–Crippen LogP) is 1.55. The van der Waals surface area contributed by atoms with Crippen LogP contribution in [0.15, 0.2) is 24.3 Å². The van der Waals surface area contributed by atoms with E-state index in [1.54, 1.807) is 24.1 Å². The first-order chi connectivity index (χ1) is 10.5. The number of likely N-dealkylation sites (tertiary alicyclic amines) is 1. The molecule has 0 spiro atoms. The van der Waals surface area contributed by atoms with Crippen molar-refractivity contribution in [3.63, 3.8) is 0 Å². The van der Waals surface area contributed by atoms with Gasteiger partial charge in [0.2, 0.25) is 0 Å². The fraction of sp³-hybridized carbons (Fsp3) is 0.562. The molecule has 2 rings (SSSR count). The van der Waals surface area contributed by atoms with Gasteiger partial charge in [-0.3, -0.25) is 0 Å². The highest BCUT2D eigenvalue weighted by molar-refractivity contribution is 5.75. The van der Waals surface area contributed by atoms with Crippen LogP contribution in [0, 0.1) is 5.82 Å². The number of nitrogens with one attached hydrogen (secondary N) is 1. The van der Waals surface area contributed by atoms with Crippen LogP contribution in [0.4, 0.5) is 9.18 Å². The lowest BCUT2D eigenvalue weighted by molar-refractivity contribution is 0.0951. The van der Waals surface area contributed by atoms with Crippen LogP contribution in [0.5, 0.6) is 0 Å². The Hall–Kier alpha value is -1.66. The topological polar surface area (TPSA) is 61.8 Å². The maximum Gasteiger partial charge on any atom is 0.318 e. The third-order valence-electron chi connectivity index (χ3n) is 4.23. The number of rotatable bonds is 5. The van der Waals surface area contributed by atoms with Gasteiger partial charge >= 0.3 is 6.03 Å². The molecule has 1 heterocycles. The van der Waals surface area contributed by atoms with E-state index in [9.17, 15) is 14.3 Å². The van der Waals surface area contributed by atoms with Crippen molar-refractivity contribution in [2.24, 2.45) is 0 Å². The first-order valence-electron chi connectivity index (χ1n) is 7.42. The van der Waals surface area contributed by atoms with Crippen molar-refractivity contribution in [2.45, 2.75) is 31.4 Å². The van der Waals surface area contributed by atoms with Gasteiger partial charge in [0, 0.05) is 26.6 Å². The number of halogens is 1. The normalized spacial score (nSPS) is 24.5. The highest BCUT2D eigenvalue weighted by Gasteiger charge is 2.44. The summed E-state index contributed by atoms with van der Waals surface area (Å²) in [5.41, 5.74) is 0.364. The molecular formula is C16H23FN2O3. The van der Waals surface area contributed by atoms with E-state index in [0.29, 0.717) is 25.9 Å². The molecule has 0 aromatic heterocycles. The number of hydrogen-bond donors (Lipinski definition) is 2. The van der Waals surface area contributed by atoms with Gasteiger partial charge < -0.3 is 20.1 Å². The lowest BCUT2D eigenvalue weighted by Crippen LogP contribution is -2.52. The van der Waals surface area contributed by atoms with Crippen molar-refractivity contribution in [1.29, 1.82) is 0 Å². The molecule has 5 nitrogen and oxygen atoms in total. The quantitative estimate of drug-likeness (QED) is 0.867. The highest BCUT2D eigenvalue weighted by atomic mass is 19.1. The molecule has 1 saturated heterocycles. The smallest absolute Gasteiger partial charge is 0.318 e. The number of carbonyl (C=O) groups is 1. The van der Waals surface area contributed by atoms with E-state index in [2.05, 4.69) is 5.32 Å². The zero-order valence-corrected chi connectivity index (χ0v) is 13.0. The molecule has 2 amide bonds. The molecular weight excluding hydrogens is 287 g/mol. The molecule has 1 aliphatic heterocycles. The molecule has 1 aromatic rings. The second-order valence-electron chi connectivity index (χ2n) is 5.94. The third-order valence-corrected chi connectivity index (χ3v) is 4.23. The largest absolute Gasteiger partial charge is 0.394 e. The molecule has 2 N–H and O–H groups in total. The van der Waals surface area contributed by atoms with E-state index in [0.717, 1.165) is 5.56 Å². The van der Waals surface area contributed by atoms with Crippen LogP contribution in [0.2, 0.25) is 0 Å². The summed E-state index contributed by atoms with van der Waals surface area (Å²) in [4.78, 5) is 13.9. The van der Waals surface area contributed by atoms with E-state index in [1.165, 1.54) is 12.1 Å². The van der Waals surface area contributed by atoms with E-state index in [-0.39, 0.29) is 24.6 Å². The van der Waals surface area contributed by atoms with Gasteiger partial charge in [-0.25, -0.2) is 9.18 Å². The zero-order chi connectivity index (χ0) is 16.2. The number of methoxy groups -OCH3 is 1. The van der Waals surface area contributed by atoms with Crippen LogP contribution < -0.4 is 5.32 Å². The van der Waals surface area contributed by atoms with E-state index < -0.39 is 5.54 Å². The standard InChI is InChI=1S/C16H23FN2O3/c1-16(11-20)9-14(22-2)10-19(16)15(21)18-8-7-12-3-5-13(17)6-4-12/h3-6,14,20H,7-11H2,1-2H3,(H,18,21). The van der Waals surface area contributed by atoms with Crippen molar-refractivity contribution in [3.05, 3.63) is 35.6 Å². The Bertz CT molecular complexity index is 509. The molecule has 2 unspecified atom stereocenters. The summed E-state index contributed by atoms with van der Waals surface area (Å²) in [6, 6.07) is 6.01. The second-order valence-corrected chi connectivity index (χ2v) is 5.94. The molecule has 0 radical (unpaired) electrons. The zero-order valence-electron chi connectivity index (χ0n) is 13.0. The Kier molecular flexibility index (Phi) is 5.37. The average Bonchev–Trinajstić information content (AvgIpc) is 2.87. The molecule has 1 aliphatic rings. The van der Waals surface area contributed by atoms with Crippen LogP contribution in [0.3, 0.4) is 0 Å². The van der Waals surface area contributed by atoms with Crippen molar-refractivity contribution < 1.29 is 19.0 Å². The minimum Gasteiger partial charge on any atom is -0.394 e. The minimum absolute atomic E-state index is 0.0556. The van der Waals surface area contributed by atoms with Gasteiger partial charge in [-0.1, -0.05) is 12.1 Å². The number of carbonyl (C=O) groups excluding carboxylic acids is 1. The fourth-order valence-corrected chi connectivity index (χ4v) is 2.79.